The zero-order chi connectivity index (χ0) is 25.5. The van der Waals surface area contributed by atoms with Crippen molar-refractivity contribution in [3.63, 3.8) is 0 Å². The van der Waals surface area contributed by atoms with Crippen molar-refractivity contribution in [2.75, 3.05) is 5.32 Å². The molecule has 182 valence electrons. The number of aryl methyl sites for hydroxylation is 2. The molecule has 2 aromatic carbocycles. The first-order valence-corrected chi connectivity index (χ1v) is 11.8. The van der Waals surface area contributed by atoms with Gasteiger partial charge in [0, 0.05) is 17.2 Å². The third-order valence-corrected chi connectivity index (χ3v) is 6.45. The van der Waals surface area contributed by atoms with Crippen LogP contribution in [-0.4, -0.2) is 29.6 Å². The molecule has 3 aromatic rings. The fraction of sp³-hybridized carbons (Fsp3) is 0.304. The Hall–Kier alpha value is -3.18. The van der Waals surface area contributed by atoms with Gasteiger partial charge in [0.25, 0.3) is 5.91 Å². The average Bonchev–Trinajstić information content (AvgIpc) is 3.05. The van der Waals surface area contributed by atoms with Crippen molar-refractivity contribution in [1.29, 1.82) is 0 Å². The molecule has 0 bridgehead atoms. The standard InChI is InChI=1S/C23H25F3N4O3S/c1-14-9-10-18(34(32,33)29-22(3,4)5)13-19(14)21(31)27-20-11-15(2)28-30(20)17-8-6-7-16(12-17)23(24,25)26/h6-13,29H,1-5H3,(H,27,31). The van der Waals surface area contributed by atoms with E-state index in [-0.39, 0.29) is 22.0 Å². The number of carbonyl (C=O) groups excluding carboxylic acids is 1. The van der Waals surface area contributed by atoms with Crippen LogP contribution >= 0.6 is 0 Å². The van der Waals surface area contributed by atoms with Crippen LogP contribution in [0.3, 0.4) is 0 Å². The molecule has 2 N–H and O–H groups in total. The quantitative estimate of drug-likeness (QED) is 0.531. The highest BCUT2D eigenvalue weighted by molar-refractivity contribution is 7.89. The van der Waals surface area contributed by atoms with E-state index in [2.05, 4.69) is 15.1 Å². The number of benzene rings is 2. The summed E-state index contributed by atoms with van der Waals surface area (Å²) in [6.45, 7) is 8.38. The lowest BCUT2D eigenvalue weighted by Crippen LogP contribution is -2.40. The summed E-state index contributed by atoms with van der Waals surface area (Å²) in [6, 6.07) is 10.2. The lowest BCUT2D eigenvalue weighted by atomic mass is 10.1. The van der Waals surface area contributed by atoms with E-state index in [4.69, 9.17) is 0 Å². The minimum absolute atomic E-state index is 0.0826. The number of nitrogens with one attached hydrogen (secondary N) is 2. The summed E-state index contributed by atoms with van der Waals surface area (Å²) in [6.07, 6.45) is -4.54. The molecular weight excluding hydrogens is 469 g/mol. The largest absolute Gasteiger partial charge is 0.416 e. The van der Waals surface area contributed by atoms with Crippen molar-refractivity contribution >= 4 is 21.7 Å². The van der Waals surface area contributed by atoms with E-state index in [0.717, 1.165) is 12.1 Å². The van der Waals surface area contributed by atoms with E-state index < -0.39 is 33.2 Å². The van der Waals surface area contributed by atoms with Gasteiger partial charge in [0.15, 0.2) is 0 Å². The van der Waals surface area contributed by atoms with Gasteiger partial charge >= 0.3 is 6.18 Å². The number of halogens is 3. The van der Waals surface area contributed by atoms with Crippen LogP contribution in [0.5, 0.6) is 0 Å². The highest BCUT2D eigenvalue weighted by Crippen LogP contribution is 2.31. The van der Waals surface area contributed by atoms with Gasteiger partial charge in [-0.2, -0.15) is 18.3 Å². The van der Waals surface area contributed by atoms with Gasteiger partial charge in [-0.3, -0.25) is 4.79 Å². The number of hydrogen-bond donors (Lipinski definition) is 2. The normalized spacial score (nSPS) is 12.6. The van der Waals surface area contributed by atoms with E-state index in [9.17, 15) is 26.4 Å². The number of sulfonamides is 1. The molecule has 0 saturated carbocycles. The molecule has 0 aliphatic rings. The first-order chi connectivity index (χ1) is 15.6. The molecular formula is C23H25F3N4O3S. The average molecular weight is 495 g/mol. The number of nitrogens with zero attached hydrogens (tertiary/aromatic N) is 2. The van der Waals surface area contributed by atoms with Crippen molar-refractivity contribution in [1.82, 2.24) is 14.5 Å². The fourth-order valence-electron chi connectivity index (χ4n) is 3.26. The number of alkyl halides is 3. The molecule has 0 saturated heterocycles. The Kier molecular flexibility index (Phi) is 6.64. The Labute approximate surface area is 196 Å². The second kappa shape index (κ2) is 8.88. The molecule has 0 fully saturated rings. The third kappa shape index (κ3) is 5.84. The molecule has 0 aliphatic carbocycles. The van der Waals surface area contributed by atoms with Gasteiger partial charge in [0.05, 0.1) is 21.8 Å². The number of carbonyl (C=O) groups is 1. The molecule has 0 atom stereocenters. The molecule has 0 radical (unpaired) electrons. The summed E-state index contributed by atoms with van der Waals surface area (Å²) >= 11 is 0. The Morgan fingerprint density at radius 2 is 1.68 bits per heavy atom. The molecule has 34 heavy (non-hydrogen) atoms. The third-order valence-electron chi connectivity index (χ3n) is 4.70. The predicted octanol–water partition coefficient (Wildman–Crippen LogP) is 4.84. The van der Waals surface area contributed by atoms with Crippen molar-refractivity contribution in [2.24, 2.45) is 0 Å². The molecule has 1 heterocycles. The monoisotopic (exact) mass is 494 g/mol. The van der Waals surface area contributed by atoms with E-state index >= 15 is 0 Å². The van der Waals surface area contributed by atoms with Gasteiger partial charge < -0.3 is 5.32 Å². The highest BCUT2D eigenvalue weighted by Gasteiger charge is 2.31. The molecule has 0 unspecified atom stereocenters. The Morgan fingerprint density at radius 3 is 2.29 bits per heavy atom. The maximum Gasteiger partial charge on any atom is 0.416 e. The molecule has 1 amide bonds. The number of aromatic nitrogens is 2. The molecule has 7 nitrogen and oxygen atoms in total. The zero-order valence-corrected chi connectivity index (χ0v) is 20.1. The maximum atomic E-state index is 13.1. The number of amides is 1. The molecule has 11 heteroatoms. The Balaban J connectivity index is 1.97. The van der Waals surface area contributed by atoms with Gasteiger partial charge in [-0.1, -0.05) is 12.1 Å². The number of hydrogen-bond acceptors (Lipinski definition) is 4. The van der Waals surface area contributed by atoms with Gasteiger partial charge in [0.2, 0.25) is 10.0 Å². The summed E-state index contributed by atoms with van der Waals surface area (Å²) in [5.74, 6) is -0.485. The van der Waals surface area contributed by atoms with Crippen molar-refractivity contribution in [3.8, 4) is 5.69 Å². The Bertz CT molecular complexity index is 1340. The van der Waals surface area contributed by atoms with Crippen LogP contribution in [0.2, 0.25) is 0 Å². The van der Waals surface area contributed by atoms with E-state index in [1.54, 1.807) is 34.6 Å². The second-order valence-electron chi connectivity index (χ2n) is 8.92. The number of rotatable bonds is 5. The fourth-order valence-corrected chi connectivity index (χ4v) is 4.70. The lowest BCUT2D eigenvalue weighted by Gasteiger charge is -2.20. The topological polar surface area (TPSA) is 93.1 Å². The van der Waals surface area contributed by atoms with E-state index in [0.29, 0.717) is 11.3 Å². The summed E-state index contributed by atoms with van der Waals surface area (Å²) in [4.78, 5) is 13.0. The van der Waals surface area contributed by atoms with Crippen molar-refractivity contribution < 1.29 is 26.4 Å². The van der Waals surface area contributed by atoms with Crippen LogP contribution in [0.15, 0.2) is 53.4 Å². The van der Waals surface area contributed by atoms with Crippen LogP contribution in [0.25, 0.3) is 5.69 Å². The first kappa shape index (κ1) is 25.4. The smallest absolute Gasteiger partial charge is 0.306 e. The molecule has 0 spiro atoms. The Morgan fingerprint density at radius 1 is 1.00 bits per heavy atom. The van der Waals surface area contributed by atoms with Gasteiger partial charge in [-0.15, -0.1) is 0 Å². The zero-order valence-electron chi connectivity index (χ0n) is 19.3. The van der Waals surface area contributed by atoms with Crippen LogP contribution < -0.4 is 10.0 Å². The lowest BCUT2D eigenvalue weighted by molar-refractivity contribution is -0.137. The van der Waals surface area contributed by atoms with Crippen LogP contribution in [-0.2, 0) is 16.2 Å². The summed E-state index contributed by atoms with van der Waals surface area (Å²) < 4.78 is 68.6. The minimum Gasteiger partial charge on any atom is -0.306 e. The van der Waals surface area contributed by atoms with Crippen LogP contribution in [0, 0.1) is 13.8 Å². The van der Waals surface area contributed by atoms with Gasteiger partial charge in [0.1, 0.15) is 5.82 Å². The van der Waals surface area contributed by atoms with Crippen LogP contribution in [0.1, 0.15) is 48.0 Å². The number of anilines is 1. The second-order valence-corrected chi connectivity index (χ2v) is 10.6. The highest BCUT2D eigenvalue weighted by atomic mass is 32.2. The summed E-state index contributed by atoms with van der Waals surface area (Å²) in [5.41, 5.74) is -0.368. The van der Waals surface area contributed by atoms with Gasteiger partial charge in [-0.25, -0.2) is 17.8 Å². The minimum atomic E-state index is -4.54. The SMILES string of the molecule is Cc1cc(NC(=O)c2cc(S(=O)(=O)NC(C)(C)C)ccc2C)n(-c2cccc(C(F)(F)F)c2)n1. The van der Waals surface area contributed by atoms with Crippen molar-refractivity contribution in [2.45, 2.75) is 51.2 Å². The maximum absolute atomic E-state index is 13.1. The van der Waals surface area contributed by atoms with E-state index in [1.807, 2.05) is 0 Å². The van der Waals surface area contributed by atoms with Crippen LogP contribution in [0.4, 0.5) is 19.0 Å². The molecule has 3 rings (SSSR count). The summed E-state index contributed by atoms with van der Waals surface area (Å²) in [7, 11) is -3.88. The molecule has 0 aliphatic heterocycles. The predicted molar refractivity (Wildman–Crippen MR) is 123 cm³/mol. The first-order valence-electron chi connectivity index (χ1n) is 10.3. The van der Waals surface area contributed by atoms with Gasteiger partial charge in [-0.05, 0) is 70.5 Å². The van der Waals surface area contributed by atoms with Crippen molar-refractivity contribution in [3.05, 3.63) is 70.9 Å². The van der Waals surface area contributed by atoms with E-state index in [1.165, 1.54) is 41.1 Å². The summed E-state index contributed by atoms with van der Waals surface area (Å²) in [5, 5.41) is 6.84. The molecule has 1 aromatic heterocycles.